The van der Waals surface area contributed by atoms with E-state index < -0.39 is 48.3 Å². The molecule has 0 aliphatic carbocycles. The Morgan fingerprint density at radius 3 is 1.51 bits per heavy atom. The third-order valence-corrected chi connectivity index (χ3v) is 10.9. The number of carboxylic acids is 1. The number of ether oxygens (including phenoxy) is 1. The Labute approximate surface area is 312 Å². The van der Waals surface area contributed by atoms with Gasteiger partial charge < -0.3 is 35.8 Å². The van der Waals surface area contributed by atoms with Gasteiger partial charge in [0.1, 0.15) is 12.2 Å². The Hall–Kier alpha value is -1.30. The van der Waals surface area contributed by atoms with E-state index in [4.69, 9.17) is 10.5 Å². The van der Waals surface area contributed by atoms with Gasteiger partial charge in [0.15, 0.2) is 5.66 Å². The molecule has 0 saturated carbocycles. The summed E-state index contributed by atoms with van der Waals surface area (Å²) in [5, 5.41) is 44.9. The summed E-state index contributed by atoms with van der Waals surface area (Å²) in [5.74, 6) is -3.98. The van der Waals surface area contributed by atoms with Crippen LogP contribution in [0.25, 0.3) is 0 Å². The highest BCUT2D eigenvalue weighted by molar-refractivity contribution is 5.79. The molecule has 0 aromatic carbocycles. The number of rotatable bonds is 33. The van der Waals surface area contributed by atoms with E-state index in [2.05, 4.69) is 19.2 Å². The van der Waals surface area contributed by atoms with Crippen LogP contribution in [0.2, 0.25) is 0 Å². The first-order valence-corrected chi connectivity index (χ1v) is 21.3. The number of aliphatic hydroxyl groups is 3. The number of amides is 1. The molecule has 0 aromatic heterocycles. The van der Waals surface area contributed by atoms with Gasteiger partial charge in [0.05, 0.1) is 12.7 Å². The van der Waals surface area contributed by atoms with Gasteiger partial charge in [-0.1, -0.05) is 175 Å². The lowest BCUT2D eigenvalue weighted by molar-refractivity contribution is -0.290. The zero-order valence-electron chi connectivity index (χ0n) is 33.4. The monoisotopic (exact) mass is 728 g/mol. The number of unbranched alkanes of at least 4 members (excludes halogenated alkanes) is 23. The number of aliphatic hydroxyl groups excluding tert-OH is 3. The SMILES string of the molecule is CCCCCCCCCCCCCCCCCCN(C(=O)CCCCCCCCCCC)[C@@]1(N[C@](N)(C(=O)O)C(C)C)C[C@@H](O)[C@H](O)[C@@H](CO)O1. The summed E-state index contributed by atoms with van der Waals surface area (Å²) in [6.45, 7) is 7.45. The minimum Gasteiger partial charge on any atom is -0.479 e. The second kappa shape index (κ2) is 28.2. The van der Waals surface area contributed by atoms with Crippen LogP contribution in [0.4, 0.5) is 0 Å². The lowest BCUT2D eigenvalue weighted by Crippen LogP contribution is -2.78. The Kier molecular flexibility index (Phi) is 26.4. The van der Waals surface area contributed by atoms with Gasteiger partial charge in [-0.2, -0.15) is 0 Å². The highest BCUT2D eigenvalue weighted by atomic mass is 16.6. The van der Waals surface area contributed by atoms with Crippen molar-refractivity contribution in [2.24, 2.45) is 11.7 Å². The van der Waals surface area contributed by atoms with Crippen LogP contribution in [-0.4, -0.2) is 80.2 Å². The lowest BCUT2D eigenvalue weighted by Gasteiger charge is -2.53. The van der Waals surface area contributed by atoms with Crippen molar-refractivity contribution >= 4 is 11.9 Å². The molecule has 51 heavy (non-hydrogen) atoms. The summed E-state index contributed by atoms with van der Waals surface area (Å²) in [7, 11) is 0. The molecule has 1 heterocycles. The zero-order valence-corrected chi connectivity index (χ0v) is 33.4. The van der Waals surface area contributed by atoms with Crippen molar-refractivity contribution in [3.05, 3.63) is 0 Å². The maximum atomic E-state index is 14.1. The Bertz CT molecular complexity index is 893. The van der Waals surface area contributed by atoms with E-state index in [0.717, 1.165) is 38.5 Å². The maximum Gasteiger partial charge on any atom is 0.339 e. The fourth-order valence-corrected chi connectivity index (χ4v) is 7.30. The number of nitrogens with two attached hydrogens (primary N) is 1. The van der Waals surface area contributed by atoms with Crippen molar-refractivity contribution in [2.75, 3.05) is 13.2 Å². The molecule has 1 saturated heterocycles. The van der Waals surface area contributed by atoms with E-state index in [1.54, 1.807) is 13.8 Å². The molecule has 0 spiro atoms. The highest BCUT2D eigenvalue weighted by Crippen LogP contribution is 2.35. The summed E-state index contributed by atoms with van der Waals surface area (Å²) in [6.07, 6.45) is 25.5. The molecule has 10 nitrogen and oxygen atoms in total. The minimum atomic E-state index is -2.01. The third-order valence-electron chi connectivity index (χ3n) is 10.9. The summed E-state index contributed by atoms with van der Waals surface area (Å²) >= 11 is 0. The van der Waals surface area contributed by atoms with Crippen molar-refractivity contribution in [3.8, 4) is 0 Å². The lowest BCUT2D eigenvalue weighted by atomic mass is 9.91. The molecule has 0 unspecified atom stereocenters. The van der Waals surface area contributed by atoms with Gasteiger partial charge in [0.25, 0.3) is 0 Å². The van der Waals surface area contributed by atoms with Gasteiger partial charge in [0.2, 0.25) is 11.8 Å². The first-order valence-electron chi connectivity index (χ1n) is 21.3. The van der Waals surface area contributed by atoms with Crippen LogP contribution in [0.5, 0.6) is 0 Å². The van der Waals surface area contributed by atoms with E-state index in [-0.39, 0.29) is 25.3 Å². The highest BCUT2D eigenvalue weighted by Gasteiger charge is 2.56. The molecule has 7 N–H and O–H groups in total. The molecule has 1 amide bonds. The van der Waals surface area contributed by atoms with Gasteiger partial charge in [0, 0.05) is 19.4 Å². The minimum absolute atomic E-state index is 0.219. The number of hydrogen-bond donors (Lipinski definition) is 6. The van der Waals surface area contributed by atoms with E-state index >= 15 is 0 Å². The van der Waals surface area contributed by atoms with Crippen LogP contribution < -0.4 is 11.1 Å². The van der Waals surface area contributed by atoms with Crippen LogP contribution >= 0.6 is 0 Å². The predicted molar refractivity (Wildman–Crippen MR) is 207 cm³/mol. The molecule has 302 valence electrons. The average Bonchev–Trinajstić information content (AvgIpc) is 3.10. The maximum absolute atomic E-state index is 14.1. The quantitative estimate of drug-likeness (QED) is 0.0289. The molecule has 0 bridgehead atoms. The molecule has 0 aromatic rings. The van der Waals surface area contributed by atoms with Crippen LogP contribution in [0, 0.1) is 5.92 Å². The van der Waals surface area contributed by atoms with E-state index in [0.29, 0.717) is 12.8 Å². The number of nitrogens with one attached hydrogen (secondary N) is 1. The van der Waals surface area contributed by atoms with Crippen LogP contribution in [-0.2, 0) is 14.3 Å². The number of aliphatic carboxylic acids is 1. The van der Waals surface area contributed by atoms with E-state index in [1.807, 2.05) is 0 Å². The van der Waals surface area contributed by atoms with Crippen molar-refractivity contribution in [2.45, 2.75) is 231 Å². The Balaban J connectivity index is 2.84. The first kappa shape index (κ1) is 47.7. The Morgan fingerprint density at radius 1 is 0.745 bits per heavy atom. The number of nitrogens with zero attached hydrogens (tertiary/aromatic N) is 1. The summed E-state index contributed by atoms with van der Waals surface area (Å²) < 4.78 is 6.25. The third kappa shape index (κ3) is 18.5. The number of carboxylic acid groups (broad SMARTS) is 1. The zero-order chi connectivity index (χ0) is 38.0. The standard InChI is InChI=1S/C41H81N3O7/c1-5-7-9-11-13-15-16-17-18-19-20-21-23-25-27-29-31-44(37(47)30-28-26-24-22-14-12-10-8-6-2)40(43-41(42,34(3)4)39(49)50)32-35(46)38(48)36(33-45)51-40/h34-36,38,43,45-46,48H,5-33,42H2,1-4H3,(H,49,50)/t35-,36-,38+,40+,41+/m1/s1. The molecular formula is C41H81N3O7. The summed E-state index contributed by atoms with van der Waals surface area (Å²) in [4.78, 5) is 28.1. The van der Waals surface area contributed by atoms with Crippen LogP contribution in [0.1, 0.15) is 201 Å². The summed E-state index contributed by atoms with van der Waals surface area (Å²) in [5.41, 5.74) is 4.45. The van der Waals surface area contributed by atoms with Crippen LogP contribution in [0.3, 0.4) is 0 Å². The fraction of sp³-hybridized carbons (Fsp3) is 0.951. The summed E-state index contributed by atoms with van der Waals surface area (Å²) in [6, 6.07) is 0. The second-order valence-corrected chi connectivity index (χ2v) is 15.8. The molecule has 10 heteroatoms. The molecule has 1 rings (SSSR count). The van der Waals surface area contributed by atoms with Crippen LogP contribution in [0.15, 0.2) is 0 Å². The van der Waals surface area contributed by atoms with E-state index in [1.165, 1.54) is 114 Å². The predicted octanol–water partition coefficient (Wildman–Crippen LogP) is 8.14. The number of carbonyl (C=O) groups excluding carboxylic acids is 1. The largest absolute Gasteiger partial charge is 0.479 e. The van der Waals surface area contributed by atoms with E-state index in [9.17, 15) is 30.0 Å². The van der Waals surface area contributed by atoms with Crippen molar-refractivity contribution in [1.29, 1.82) is 0 Å². The van der Waals surface area contributed by atoms with Gasteiger partial charge in [-0.25, -0.2) is 10.1 Å². The molecule has 1 aliphatic rings. The molecule has 0 radical (unpaired) electrons. The first-order chi connectivity index (χ1) is 24.5. The molecule has 1 fully saturated rings. The molecule has 1 aliphatic heterocycles. The van der Waals surface area contributed by atoms with Gasteiger partial charge in [-0.15, -0.1) is 0 Å². The smallest absolute Gasteiger partial charge is 0.339 e. The molecule has 5 atom stereocenters. The van der Waals surface area contributed by atoms with Gasteiger partial charge in [-0.3, -0.25) is 4.79 Å². The molecular weight excluding hydrogens is 646 g/mol. The topological polar surface area (TPSA) is 166 Å². The van der Waals surface area contributed by atoms with Crippen molar-refractivity contribution in [1.82, 2.24) is 10.2 Å². The van der Waals surface area contributed by atoms with Crippen molar-refractivity contribution < 1.29 is 34.8 Å². The Morgan fingerprint density at radius 2 is 1.14 bits per heavy atom. The number of hydrogen-bond acceptors (Lipinski definition) is 8. The normalized spacial score (nSPS) is 21.9. The second-order valence-electron chi connectivity index (χ2n) is 15.8. The van der Waals surface area contributed by atoms with Crippen molar-refractivity contribution in [3.63, 3.8) is 0 Å². The average molecular weight is 728 g/mol. The van der Waals surface area contributed by atoms with Gasteiger partial charge in [-0.05, 0) is 18.8 Å². The number of carbonyl (C=O) groups is 2. The van der Waals surface area contributed by atoms with Gasteiger partial charge >= 0.3 is 5.97 Å². The fourth-order valence-electron chi connectivity index (χ4n) is 7.30.